The molecule has 0 bridgehead atoms. The third kappa shape index (κ3) is 3.72. The summed E-state index contributed by atoms with van der Waals surface area (Å²) in [5.74, 6) is 1.86. The molecule has 0 atom stereocenters. The van der Waals surface area contributed by atoms with Crippen LogP contribution in [0, 0.1) is 6.92 Å². The van der Waals surface area contributed by atoms with Gasteiger partial charge in [0.25, 0.3) is 0 Å². The van der Waals surface area contributed by atoms with Crippen LogP contribution in [0.15, 0.2) is 72.9 Å². The van der Waals surface area contributed by atoms with Gasteiger partial charge in [0, 0.05) is 12.7 Å². The van der Waals surface area contributed by atoms with E-state index in [1.54, 1.807) is 18.3 Å². The van der Waals surface area contributed by atoms with E-state index in [9.17, 15) is 5.11 Å². The molecule has 0 radical (unpaired) electrons. The van der Waals surface area contributed by atoms with Crippen molar-refractivity contribution < 1.29 is 5.11 Å². The van der Waals surface area contributed by atoms with Crippen molar-refractivity contribution in [3.63, 3.8) is 0 Å². The van der Waals surface area contributed by atoms with E-state index in [-0.39, 0.29) is 5.75 Å². The lowest BCUT2D eigenvalue weighted by Crippen LogP contribution is -2.06. The summed E-state index contributed by atoms with van der Waals surface area (Å²) in [6, 6.07) is 21.5. The summed E-state index contributed by atoms with van der Waals surface area (Å²) >= 11 is 0. The number of aromatic hydroxyl groups is 1. The molecule has 0 aliphatic rings. The molecule has 0 saturated carbocycles. The minimum absolute atomic E-state index is 0.243. The number of phenolic OH excluding ortho intramolecular Hbond substituents is 1. The fraction of sp³-hybridized carbons (Fsp3) is 0.136. The zero-order valence-electron chi connectivity index (χ0n) is 15.1. The summed E-state index contributed by atoms with van der Waals surface area (Å²) in [5, 5.41) is 18.4. The maximum absolute atomic E-state index is 9.74. The molecule has 27 heavy (non-hydrogen) atoms. The van der Waals surface area contributed by atoms with Gasteiger partial charge in [-0.05, 0) is 54.3 Å². The summed E-state index contributed by atoms with van der Waals surface area (Å²) in [6.45, 7) is 2.75. The van der Waals surface area contributed by atoms with Gasteiger partial charge in [0.05, 0.1) is 0 Å². The first kappa shape index (κ1) is 17.0. The zero-order valence-corrected chi connectivity index (χ0v) is 15.1. The van der Waals surface area contributed by atoms with Crippen LogP contribution >= 0.6 is 0 Å². The number of phenols is 1. The van der Waals surface area contributed by atoms with Gasteiger partial charge in [-0.2, -0.15) is 0 Å². The third-order valence-corrected chi connectivity index (χ3v) is 4.57. The van der Waals surface area contributed by atoms with Crippen molar-refractivity contribution in [2.45, 2.75) is 19.9 Å². The molecule has 5 heteroatoms. The minimum Gasteiger partial charge on any atom is -0.508 e. The summed E-state index contributed by atoms with van der Waals surface area (Å²) in [5.41, 5.74) is 3.96. The lowest BCUT2D eigenvalue weighted by Gasteiger charge is -2.10. The van der Waals surface area contributed by atoms with Crippen LogP contribution in [0.1, 0.15) is 11.4 Å². The van der Waals surface area contributed by atoms with Crippen LogP contribution in [-0.4, -0.2) is 24.9 Å². The molecule has 2 heterocycles. The van der Waals surface area contributed by atoms with Gasteiger partial charge in [-0.25, -0.2) is 0 Å². The Labute approximate surface area is 158 Å². The Kier molecular flexibility index (Phi) is 4.66. The van der Waals surface area contributed by atoms with Crippen LogP contribution in [0.2, 0.25) is 0 Å². The number of aromatic nitrogens is 4. The zero-order chi connectivity index (χ0) is 18.6. The third-order valence-electron chi connectivity index (χ3n) is 4.57. The van der Waals surface area contributed by atoms with Crippen LogP contribution in [0.4, 0.5) is 0 Å². The van der Waals surface area contributed by atoms with Gasteiger partial charge in [-0.1, -0.05) is 42.5 Å². The summed E-state index contributed by atoms with van der Waals surface area (Å²) < 4.78 is 2.10. The van der Waals surface area contributed by atoms with Crippen molar-refractivity contribution >= 4 is 0 Å². The van der Waals surface area contributed by atoms with Gasteiger partial charge in [0.2, 0.25) is 0 Å². The van der Waals surface area contributed by atoms with E-state index < -0.39 is 0 Å². The minimum atomic E-state index is 0.243. The molecule has 0 aliphatic heterocycles. The van der Waals surface area contributed by atoms with E-state index in [0.29, 0.717) is 0 Å². The fourth-order valence-corrected chi connectivity index (χ4v) is 3.14. The van der Waals surface area contributed by atoms with Crippen LogP contribution < -0.4 is 0 Å². The van der Waals surface area contributed by atoms with E-state index >= 15 is 0 Å². The topological polar surface area (TPSA) is 63.8 Å². The average Bonchev–Trinajstić information content (AvgIpc) is 3.08. The molecular formula is C22H20N4O. The summed E-state index contributed by atoms with van der Waals surface area (Å²) in [7, 11) is 0. The van der Waals surface area contributed by atoms with Crippen molar-refractivity contribution in [2.24, 2.45) is 0 Å². The Balaban J connectivity index is 1.65. The second-order valence-electron chi connectivity index (χ2n) is 6.44. The number of rotatable bonds is 5. The SMILES string of the molecule is Cc1nnc(-c2cc(-c3cccc(O)c3)ccn2)n1CCc1ccccc1. The number of nitrogens with zero attached hydrogens (tertiary/aromatic N) is 4. The number of benzene rings is 2. The highest BCUT2D eigenvalue weighted by molar-refractivity contribution is 5.69. The predicted octanol–water partition coefficient (Wildman–Crippen LogP) is 4.26. The number of pyridine rings is 1. The summed E-state index contributed by atoms with van der Waals surface area (Å²) in [4.78, 5) is 4.50. The van der Waals surface area contributed by atoms with Gasteiger partial charge >= 0.3 is 0 Å². The lowest BCUT2D eigenvalue weighted by molar-refractivity contribution is 0.475. The van der Waals surface area contributed by atoms with Gasteiger partial charge in [0.15, 0.2) is 5.82 Å². The normalized spacial score (nSPS) is 10.9. The largest absolute Gasteiger partial charge is 0.508 e. The molecule has 0 aliphatic carbocycles. The Bertz CT molecular complexity index is 1060. The molecular weight excluding hydrogens is 336 g/mol. The number of hydrogen-bond donors (Lipinski definition) is 1. The van der Waals surface area contributed by atoms with E-state index in [1.165, 1.54) is 5.56 Å². The molecule has 4 rings (SSSR count). The van der Waals surface area contributed by atoms with Crippen molar-refractivity contribution in [2.75, 3.05) is 0 Å². The highest BCUT2D eigenvalue weighted by atomic mass is 16.3. The Morgan fingerprint density at radius 3 is 2.52 bits per heavy atom. The van der Waals surface area contributed by atoms with E-state index in [2.05, 4.69) is 44.0 Å². The first-order valence-corrected chi connectivity index (χ1v) is 8.90. The first-order valence-electron chi connectivity index (χ1n) is 8.90. The van der Waals surface area contributed by atoms with Crippen LogP contribution in [0.5, 0.6) is 5.75 Å². The maximum atomic E-state index is 9.74. The Morgan fingerprint density at radius 2 is 1.70 bits per heavy atom. The maximum Gasteiger partial charge on any atom is 0.182 e. The molecule has 0 saturated heterocycles. The van der Waals surface area contributed by atoms with Crippen LogP contribution in [-0.2, 0) is 13.0 Å². The molecule has 4 aromatic rings. The van der Waals surface area contributed by atoms with E-state index in [4.69, 9.17) is 0 Å². The van der Waals surface area contributed by atoms with Gasteiger partial charge < -0.3 is 9.67 Å². The average molecular weight is 356 g/mol. The van der Waals surface area contributed by atoms with Crippen LogP contribution in [0.3, 0.4) is 0 Å². The molecule has 0 spiro atoms. The van der Waals surface area contributed by atoms with Crippen molar-refractivity contribution in [1.29, 1.82) is 0 Å². The Hall–Kier alpha value is -3.47. The molecule has 134 valence electrons. The second kappa shape index (κ2) is 7.41. The van der Waals surface area contributed by atoms with Crippen LogP contribution in [0.25, 0.3) is 22.6 Å². The molecule has 0 amide bonds. The second-order valence-corrected chi connectivity index (χ2v) is 6.44. The molecule has 2 aromatic carbocycles. The predicted molar refractivity (Wildman–Crippen MR) is 105 cm³/mol. The summed E-state index contributed by atoms with van der Waals surface area (Å²) in [6.07, 6.45) is 2.67. The fourth-order valence-electron chi connectivity index (χ4n) is 3.14. The number of hydrogen-bond acceptors (Lipinski definition) is 4. The van der Waals surface area contributed by atoms with Crippen molar-refractivity contribution in [1.82, 2.24) is 19.7 Å². The quantitative estimate of drug-likeness (QED) is 0.580. The van der Waals surface area contributed by atoms with Gasteiger partial charge in [-0.3, -0.25) is 4.98 Å². The molecule has 5 nitrogen and oxygen atoms in total. The van der Waals surface area contributed by atoms with Gasteiger partial charge in [0.1, 0.15) is 17.3 Å². The van der Waals surface area contributed by atoms with Crippen molar-refractivity contribution in [3.05, 3.63) is 84.3 Å². The molecule has 0 fully saturated rings. The first-order chi connectivity index (χ1) is 13.2. The van der Waals surface area contributed by atoms with E-state index in [0.717, 1.165) is 41.4 Å². The van der Waals surface area contributed by atoms with E-state index in [1.807, 2.05) is 37.3 Å². The highest BCUT2D eigenvalue weighted by Crippen LogP contribution is 2.26. The monoisotopic (exact) mass is 356 g/mol. The standard InChI is InChI=1S/C22H20N4O/c1-16-24-25-22(26(16)13-11-17-6-3-2-4-7-17)21-15-19(10-12-23-21)18-8-5-9-20(27)14-18/h2-10,12,14-15,27H,11,13H2,1H3. The lowest BCUT2D eigenvalue weighted by atomic mass is 10.1. The molecule has 1 N–H and O–H groups in total. The van der Waals surface area contributed by atoms with Crippen molar-refractivity contribution in [3.8, 4) is 28.4 Å². The molecule has 0 unspecified atom stereocenters. The molecule has 2 aromatic heterocycles. The Morgan fingerprint density at radius 1 is 0.889 bits per heavy atom. The van der Waals surface area contributed by atoms with Gasteiger partial charge in [-0.15, -0.1) is 10.2 Å². The smallest absolute Gasteiger partial charge is 0.182 e. The number of aryl methyl sites for hydroxylation is 2. The highest BCUT2D eigenvalue weighted by Gasteiger charge is 2.13.